The molecule has 1 aromatic heterocycles. The third-order valence-electron chi connectivity index (χ3n) is 3.75. The molecule has 0 N–H and O–H groups in total. The summed E-state index contributed by atoms with van der Waals surface area (Å²) in [5.41, 5.74) is 0.915. The van der Waals surface area contributed by atoms with Crippen molar-refractivity contribution in [3.63, 3.8) is 0 Å². The van der Waals surface area contributed by atoms with Crippen LogP contribution in [0.3, 0.4) is 0 Å². The van der Waals surface area contributed by atoms with Crippen molar-refractivity contribution in [1.29, 1.82) is 0 Å². The van der Waals surface area contributed by atoms with E-state index in [1.54, 1.807) is 4.90 Å². The van der Waals surface area contributed by atoms with Gasteiger partial charge in [-0.25, -0.2) is 0 Å². The molecule has 0 radical (unpaired) electrons. The van der Waals surface area contributed by atoms with E-state index in [9.17, 15) is 9.59 Å². The molecule has 1 amide bonds. The van der Waals surface area contributed by atoms with Gasteiger partial charge in [0.2, 0.25) is 5.91 Å². The van der Waals surface area contributed by atoms with E-state index in [1.165, 1.54) is 7.11 Å². The number of ether oxygens (including phenoxy) is 2. The standard InChI is InChI=1S/C13H16N2O4/c1-8-7-19-13-9-4-3-5-14(9)10(6-11(16)18-2)12(17)15(8)13/h3-5,8,10,13H,6-7H2,1-2H3/t8-,10-,13?/m0/s1. The highest BCUT2D eigenvalue weighted by Crippen LogP contribution is 2.39. The molecule has 0 saturated carbocycles. The lowest BCUT2D eigenvalue weighted by Crippen LogP contribution is -2.46. The summed E-state index contributed by atoms with van der Waals surface area (Å²) < 4.78 is 12.2. The Morgan fingerprint density at radius 3 is 3.11 bits per heavy atom. The minimum Gasteiger partial charge on any atom is -0.469 e. The highest BCUT2D eigenvalue weighted by atomic mass is 16.5. The van der Waals surface area contributed by atoms with Crippen LogP contribution in [-0.4, -0.2) is 41.1 Å². The first kappa shape index (κ1) is 12.2. The van der Waals surface area contributed by atoms with Crippen LogP contribution < -0.4 is 0 Å². The van der Waals surface area contributed by atoms with E-state index in [0.29, 0.717) is 6.61 Å². The van der Waals surface area contributed by atoms with E-state index in [1.807, 2.05) is 29.8 Å². The zero-order valence-electron chi connectivity index (χ0n) is 10.9. The van der Waals surface area contributed by atoms with Gasteiger partial charge in [-0.2, -0.15) is 0 Å². The lowest BCUT2D eigenvalue weighted by molar-refractivity contribution is -0.152. The number of hydrogen-bond donors (Lipinski definition) is 0. The Kier molecular flexibility index (Phi) is 2.82. The van der Waals surface area contributed by atoms with Crippen LogP contribution in [-0.2, 0) is 19.1 Å². The first-order valence-corrected chi connectivity index (χ1v) is 6.31. The van der Waals surface area contributed by atoms with Crippen molar-refractivity contribution in [3.05, 3.63) is 24.0 Å². The molecule has 102 valence electrons. The first-order valence-electron chi connectivity index (χ1n) is 6.31. The van der Waals surface area contributed by atoms with Gasteiger partial charge in [-0.1, -0.05) is 0 Å². The molecule has 3 rings (SSSR count). The van der Waals surface area contributed by atoms with Crippen LogP contribution in [0.1, 0.15) is 31.3 Å². The Balaban J connectivity index is 1.99. The Bertz CT molecular complexity index is 524. The molecule has 1 aromatic rings. The third kappa shape index (κ3) is 1.74. The Labute approximate surface area is 110 Å². The van der Waals surface area contributed by atoms with E-state index in [4.69, 9.17) is 4.74 Å². The van der Waals surface area contributed by atoms with Gasteiger partial charge >= 0.3 is 5.97 Å². The van der Waals surface area contributed by atoms with E-state index < -0.39 is 6.04 Å². The summed E-state index contributed by atoms with van der Waals surface area (Å²) in [6.45, 7) is 2.47. The van der Waals surface area contributed by atoms with Crippen molar-refractivity contribution in [1.82, 2.24) is 9.47 Å². The average molecular weight is 264 g/mol. The molecule has 19 heavy (non-hydrogen) atoms. The topological polar surface area (TPSA) is 60.8 Å². The van der Waals surface area contributed by atoms with Crippen molar-refractivity contribution in [3.8, 4) is 0 Å². The number of rotatable bonds is 2. The third-order valence-corrected chi connectivity index (χ3v) is 3.75. The molecule has 1 unspecified atom stereocenters. The number of amides is 1. The highest BCUT2D eigenvalue weighted by molar-refractivity contribution is 5.87. The second-order valence-electron chi connectivity index (χ2n) is 4.92. The number of carbonyl (C=O) groups is 2. The van der Waals surface area contributed by atoms with Crippen molar-refractivity contribution in [2.75, 3.05) is 13.7 Å². The molecule has 0 aliphatic carbocycles. The molecular weight excluding hydrogens is 248 g/mol. The predicted octanol–water partition coefficient (Wildman–Crippen LogP) is 0.852. The molecule has 0 spiro atoms. The van der Waals surface area contributed by atoms with Gasteiger partial charge in [0, 0.05) is 6.20 Å². The zero-order valence-corrected chi connectivity index (χ0v) is 10.9. The average Bonchev–Trinajstić information content (AvgIpc) is 3.00. The highest BCUT2D eigenvalue weighted by Gasteiger charge is 2.46. The van der Waals surface area contributed by atoms with Crippen molar-refractivity contribution in [2.24, 2.45) is 0 Å². The molecule has 2 aliphatic rings. The number of fused-ring (bicyclic) bond motifs is 3. The summed E-state index contributed by atoms with van der Waals surface area (Å²) in [6.07, 6.45) is 1.53. The summed E-state index contributed by atoms with van der Waals surface area (Å²) in [4.78, 5) is 25.8. The molecule has 2 aliphatic heterocycles. The van der Waals surface area contributed by atoms with Crippen LogP contribution in [0.4, 0.5) is 0 Å². The van der Waals surface area contributed by atoms with E-state index in [0.717, 1.165) is 5.69 Å². The smallest absolute Gasteiger partial charge is 0.308 e. The maximum atomic E-state index is 12.5. The van der Waals surface area contributed by atoms with Gasteiger partial charge in [0.1, 0.15) is 6.04 Å². The number of esters is 1. The van der Waals surface area contributed by atoms with Crippen LogP contribution >= 0.6 is 0 Å². The second kappa shape index (κ2) is 4.38. The van der Waals surface area contributed by atoms with Crippen LogP contribution in [0, 0.1) is 0 Å². The first-order chi connectivity index (χ1) is 9.13. The monoisotopic (exact) mass is 264 g/mol. The fourth-order valence-electron chi connectivity index (χ4n) is 2.80. The Morgan fingerprint density at radius 2 is 2.37 bits per heavy atom. The maximum Gasteiger partial charge on any atom is 0.308 e. The van der Waals surface area contributed by atoms with Gasteiger partial charge < -0.3 is 18.9 Å². The second-order valence-corrected chi connectivity index (χ2v) is 4.92. The normalized spacial score (nSPS) is 29.1. The number of carbonyl (C=O) groups excluding carboxylic acids is 2. The predicted molar refractivity (Wildman–Crippen MR) is 65.1 cm³/mol. The van der Waals surface area contributed by atoms with Crippen LogP contribution in [0.5, 0.6) is 0 Å². The van der Waals surface area contributed by atoms with Gasteiger partial charge in [0.25, 0.3) is 0 Å². The van der Waals surface area contributed by atoms with Gasteiger partial charge in [-0.05, 0) is 19.1 Å². The molecule has 1 fully saturated rings. The molecule has 3 heterocycles. The minimum atomic E-state index is -0.530. The summed E-state index contributed by atoms with van der Waals surface area (Å²) in [5.74, 6) is -0.465. The summed E-state index contributed by atoms with van der Waals surface area (Å²) in [7, 11) is 1.33. The number of nitrogens with zero attached hydrogens (tertiary/aromatic N) is 2. The molecule has 1 saturated heterocycles. The Hall–Kier alpha value is -1.82. The zero-order chi connectivity index (χ0) is 13.6. The Morgan fingerprint density at radius 1 is 1.58 bits per heavy atom. The molecular formula is C13H16N2O4. The molecule has 3 atom stereocenters. The number of hydrogen-bond acceptors (Lipinski definition) is 4. The summed E-state index contributed by atoms with van der Waals surface area (Å²) in [5, 5.41) is 0. The lowest BCUT2D eigenvalue weighted by Gasteiger charge is -2.36. The van der Waals surface area contributed by atoms with Crippen LogP contribution in [0.15, 0.2) is 18.3 Å². The van der Waals surface area contributed by atoms with Crippen LogP contribution in [0.2, 0.25) is 0 Å². The molecule has 0 bridgehead atoms. The quantitative estimate of drug-likeness (QED) is 0.743. The molecule has 0 aromatic carbocycles. The van der Waals surface area contributed by atoms with Gasteiger partial charge in [0.15, 0.2) is 6.23 Å². The number of methoxy groups -OCH3 is 1. The van der Waals surface area contributed by atoms with Crippen molar-refractivity contribution in [2.45, 2.75) is 31.7 Å². The summed E-state index contributed by atoms with van der Waals surface area (Å²) in [6, 6.07) is 3.29. The SMILES string of the molecule is COC(=O)C[C@H]1C(=O)N2C(OC[C@@H]2C)c2cccn21. The number of aromatic nitrogens is 1. The largest absolute Gasteiger partial charge is 0.469 e. The maximum absolute atomic E-state index is 12.5. The minimum absolute atomic E-state index is 0.0290. The lowest BCUT2D eigenvalue weighted by atomic mass is 10.1. The van der Waals surface area contributed by atoms with Gasteiger partial charge in [-0.3, -0.25) is 9.59 Å². The van der Waals surface area contributed by atoms with Gasteiger partial charge in [0.05, 0.1) is 31.9 Å². The molecule has 6 heteroatoms. The van der Waals surface area contributed by atoms with E-state index >= 15 is 0 Å². The van der Waals surface area contributed by atoms with E-state index in [2.05, 4.69) is 4.74 Å². The van der Waals surface area contributed by atoms with Gasteiger partial charge in [-0.15, -0.1) is 0 Å². The fourth-order valence-corrected chi connectivity index (χ4v) is 2.80. The van der Waals surface area contributed by atoms with Crippen molar-refractivity contribution < 1.29 is 19.1 Å². The van der Waals surface area contributed by atoms with Crippen LogP contribution in [0.25, 0.3) is 0 Å². The summed E-state index contributed by atoms with van der Waals surface area (Å²) >= 11 is 0. The fraction of sp³-hybridized carbons (Fsp3) is 0.538. The molecule has 6 nitrogen and oxygen atoms in total. The van der Waals surface area contributed by atoms with E-state index in [-0.39, 0.29) is 30.6 Å². The van der Waals surface area contributed by atoms with Crippen molar-refractivity contribution >= 4 is 11.9 Å².